The zero-order chi connectivity index (χ0) is 17.1. The van der Waals surface area contributed by atoms with Crippen LogP contribution in [0, 0.1) is 6.92 Å². The van der Waals surface area contributed by atoms with E-state index in [-0.39, 0.29) is 5.91 Å². The van der Waals surface area contributed by atoms with Crippen molar-refractivity contribution in [3.05, 3.63) is 62.9 Å². The van der Waals surface area contributed by atoms with Gasteiger partial charge in [-0.15, -0.1) is 11.3 Å². The molecule has 0 aliphatic heterocycles. The number of benzene rings is 1. The van der Waals surface area contributed by atoms with Crippen molar-refractivity contribution in [3.63, 3.8) is 0 Å². The lowest BCUT2D eigenvalue weighted by Crippen LogP contribution is -2.13. The number of aryl methyl sites for hydroxylation is 2. The van der Waals surface area contributed by atoms with E-state index in [1.54, 1.807) is 17.8 Å². The number of nitrogens with one attached hydrogen (secondary N) is 1. The number of aromatic nitrogens is 2. The maximum atomic E-state index is 12.3. The molecule has 0 aliphatic rings. The van der Waals surface area contributed by atoms with Crippen LogP contribution in [0.1, 0.15) is 20.9 Å². The molecule has 5 nitrogen and oxygen atoms in total. The SMILES string of the molecule is Cc1cc(NC(=O)c2cc(COc3ccccc3Cl)cs2)n(C)n1. The topological polar surface area (TPSA) is 56.1 Å². The van der Waals surface area contributed by atoms with Crippen LogP contribution in [0.2, 0.25) is 5.02 Å². The summed E-state index contributed by atoms with van der Waals surface area (Å²) in [6.07, 6.45) is 0. The standard InChI is InChI=1S/C17H16ClN3O2S/c1-11-7-16(21(2)20-11)19-17(22)15-8-12(10-24-15)9-23-14-6-4-3-5-13(14)18/h3-8,10H,9H2,1-2H3,(H,19,22). The Bertz CT molecular complexity index is 872. The van der Waals surface area contributed by atoms with Crippen molar-refractivity contribution in [1.82, 2.24) is 9.78 Å². The van der Waals surface area contributed by atoms with Crippen LogP contribution in [0.5, 0.6) is 5.75 Å². The van der Waals surface area contributed by atoms with E-state index in [9.17, 15) is 4.79 Å². The molecule has 3 rings (SSSR count). The number of rotatable bonds is 5. The third-order valence-electron chi connectivity index (χ3n) is 3.35. The molecule has 0 saturated heterocycles. The lowest BCUT2D eigenvalue weighted by molar-refractivity contribution is 0.102. The quantitative estimate of drug-likeness (QED) is 0.738. The molecular weight excluding hydrogens is 346 g/mol. The molecule has 124 valence electrons. The Morgan fingerprint density at radius 1 is 1.38 bits per heavy atom. The predicted octanol–water partition coefficient (Wildman–Crippen LogP) is 4.27. The fourth-order valence-electron chi connectivity index (χ4n) is 2.20. The minimum absolute atomic E-state index is 0.160. The fourth-order valence-corrected chi connectivity index (χ4v) is 3.18. The van der Waals surface area contributed by atoms with Crippen molar-refractivity contribution in [2.45, 2.75) is 13.5 Å². The molecule has 0 fully saturated rings. The second kappa shape index (κ2) is 7.07. The number of amides is 1. The van der Waals surface area contributed by atoms with Crippen LogP contribution in [-0.4, -0.2) is 15.7 Å². The van der Waals surface area contributed by atoms with Gasteiger partial charge in [0.15, 0.2) is 0 Å². The van der Waals surface area contributed by atoms with Gasteiger partial charge < -0.3 is 10.1 Å². The Kier molecular flexibility index (Phi) is 4.87. The number of carbonyl (C=O) groups excluding carboxylic acids is 1. The number of para-hydroxylation sites is 1. The lowest BCUT2D eigenvalue weighted by Gasteiger charge is -2.06. The summed E-state index contributed by atoms with van der Waals surface area (Å²) in [5, 5.41) is 9.53. The summed E-state index contributed by atoms with van der Waals surface area (Å²) in [6, 6.07) is 10.9. The zero-order valence-corrected chi connectivity index (χ0v) is 14.8. The average Bonchev–Trinajstić information content (AvgIpc) is 3.13. The van der Waals surface area contributed by atoms with Crippen LogP contribution in [-0.2, 0) is 13.7 Å². The molecule has 1 amide bonds. The van der Waals surface area contributed by atoms with Crippen molar-refractivity contribution >= 4 is 34.7 Å². The van der Waals surface area contributed by atoms with Gasteiger partial charge in [-0.05, 0) is 30.5 Å². The first-order valence-electron chi connectivity index (χ1n) is 7.29. The fraction of sp³-hybridized carbons (Fsp3) is 0.176. The Labute approximate surface area is 148 Å². The van der Waals surface area contributed by atoms with Crippen LogP contribution in [0.25, 0.3) is 0 Å². The number of hydrogen-bond acceptors (Lipinski definition) is 4. The van der Waals surface area contributed by atoms with Gasteiger partial charge in [0.25, 0.3) is 5.91 Å². The molecule has 0 atom stereocenters. The van der Waals surface area contributed by atoms with E-state index >= 15 is 0 Å². The largest absolute Gasteiger partial charge is 0.487 e. The minimum atomic E-state index is -0.160. The molecule has 0 spiro atoms. The van der Waals surface area contributed by atoms with Gasteiger partial charge in [-0.25, -0.2) is 0 Å². The Morgan fingerprint density at radius 2 is 2.17 bits per heavy atom. The van der Waals surface area contributed by atoms with Gasteiger partial charge in [-0.2, -0.15) is 5.10 Å². The number of thiophene rings is 1. The van der Waals surface area contributed by atoms with Crippen LogP contribution in [0.4, 0.5) is 5.82 Å². The Balaban J connectivity index is 1.63. The highest BCUT2D eigenvalue weighted by Crippen LogP contribution is 2.25. The van der Waals surface area contributed by atoms with Crippen LogP contribution in [0.15, 0.2) is 41.8 Å². The maximum absolute atomic E-state index is 12.3. The molecule has 0 unspecified atom stereocenters. The second-order valence-electron chi connectivity index (χ2n) is 5.29. The van der Waals surface area contributed by atoms with Crippen molar-refractivity contribution < 1.29 is 9.53 Å². The highest BCUT2D eigenvalue weighted by Gasteiger charge is 2.12. The third kappa shape index (κ3) is 3.77. The number of ether oxygens (including phenoxy) is 1. The molecule has 1 aromatic carbocycles. The van der Waals surface area contributed by atoms with Crippen molar-refractivity contribution in [1.29, 1.82) is 0 Å². The van der Waals surface area contributed by atoms with E-state index in [1.807, 2.05) is 42.6 Å². The highest BCUT2D eigenvalue weighted by atomic mass is 35.5. The molecule has 2 heterocycles. The first kappa shape index (κ1) is 16.5. The first-order valence-corrected chi connectivity index (χ1v) is 8.55. The van der Waals surface area contributed by atoms with E-state index in [0.29, 0.717) is 28.1 Å². The summed E-state index contributed by atoms with van der Waals surface area (Å²) in [7, 11) is 1.79. The summed E-state index contributed by atoms with van der Waals surface area (Å²) in [4.78, 5) is 12.9. The Hall–Kier alpha value is -2.31. The summed E-state index contributed by atoms with van der Waals surface area (Å²) < 4.78 is 7.33. The third-order valence-corrected chi connectivity index (χ3v) is 4.64. The summed E-state index contributed by atoms with van der Waals surface area (Å²) in [6.45, 7) is 2.24. The molecule has 0 bridgehead atoms. The normalized spacial score (nSPS) is 10.6. The number of nitrogens with zero attached hydrogens (tertiary/aromatic N) is 2. The number of hydrogen-bond donors (Lipinski definition) is 1. The van der Waals surface area contributed by atoms with Gasteiger partial charge >= 0.3 is 0 Å². The zero-order valence-electron chi connectivity index (χ0n) is 13.2. The van der Waals surface area contributed by atoms with Crippen LogP contribution < -0.4 is 10.1 Å². The molecule has 1 N–H and O–H groups in total. The number of anilines is 1. The molecule has 0 radical (unpaired) electrons. The summed E-state index contributed by atoms with van der Waals surface area (Å²) in [5.41, 5.74) is 1.78. The molecule has 0 aliphatic carbocycles. The van der Waals surface area contributed by atoms with Crippen molar-refractivity contribution in [3.8, 4) is 5.75 Å². The molecule has 24 heavy (non-hydrogen) atoms. The highest BCUT2D eigenvalue weighted by molar-refractivity contribution is 7.12. The number of halogens is 1. The van der Waals surface area contributed by atoms with Gasteiger partial charge in [0.05, 0.1) is 15.6 Å². The Morgan fingerprint density at radius 3 is 2.88 bits per heavy atom. The molecule has 0 saturated carbocycles. The van der Waals surface area contributed by atoms with Crippen molar-refractivity contribution in [2.75, 3.05) is 5.32 Å². The van der Waals surface area contributed by atoms with Gasteiger partial charge in [-0.1, -0.05) is 23.7 Å². The van der Waals surface area contributed by atoms with Crippen molar-refractivity contribution in [2.24, 2.45) is 7.05 Å². The summed E-state index contributed by atoms with van der Waals surface area (Å²) >= 11 is 7.43. The van der Waals surface area contributed by atoms with Gasteiger partial charge in [-0.3, -0.25) is 9.48 Å². The van der Waals surface area contributed by atoms with Gasteiger partial charge in [0.2, 0.25) is 0 Å². The van der Waals surface area contributed by atoms with Crippen LogP contribution >= 0.6 is 22.9 Å². The van der Waals surface area contributed by atoms with Crippen LogP contribution in [0.3, 0.4) is 0 Å². The second-order valence-corrected chi connectivity index (χ2v) is 6.61. The average molecular weight is 362 g/mol. The maximum Gasteiger partial charge on any atom is 0.266 e. The predicted molar refractivity (Wildman–Crippen MR) is 96.0 cm³/mol. The summed E-state index contributed by atoms with van der Waals surface area (Å²) in [5.74, 6) is 1.13. The smallest absolute Gasteiger partial charge is 0.266 e. The van der Waals surface area contributed by atoms with E-state index in [4.69, 9.17) is 16.3 Å². The molecule has 7 heteroatoms. The minimum Gasteiger partial charge on any atom is -0.487 e. The van der Waals surface area contributed by atoms with Gasteiger partial charge in [0.1, 0.15) is 18.2 Å². The first-order chi connectivity index (χ1) is 11.5. The number of carbonyl (C=O) groups is 1. The van der Waals surface area contributed by atoms with E-state index in [2.05, 4.69) is 10.4 Å². The lowest BCUT2D eigenvalue weighted by atomic mass is 10.3. The van der Waals surface area contributed by atoms with E-state index in [1.165, 1.54) is 11.3 Å². The molecule has 2 aromatic heterocycles. The van der Waals surface area contributed by atoms with E-state index < -0.39 is 0 Å². The monoisotopic (exact) mass is 361 g/mol. The van der Waals surface area contributed by atoms with E-state index in [0.717, 1.165) is 11.3 Å². The molecule has 3 aromatic rings. The molecular formula is C17H16ClN3O2S. The van der Waals surface area contributed by atoms with Gasteiger partial charge in [0, 0.05) is 18.7 Å².